The zero-order chi connectivity index (χ0) is 19.3. The molecule has 1 unspecified atom stereocenters. The predicted molar refractivity (Wildman–Crippen MR) is 108 cm³/mol. The molecule has 1 aromatic carbocycles. The van der Waals surface area contributed by atoms with Crippen LogP contribution in [0, 0.1) is 0 Å². The summed E-state index contributed by atoms with van der Waals surface area (Å²) < 4.78 is 2.11. The maximum atomic E-state index is 13.3. The molecule has 2 amide bonds. The number of amides is 2. The predicted octanol–water partition coefficient (Wildman–Crippen LogP) is 3.44. The molecule has 1 saturated heterocycles. The lowest BCUT2D eigenvalue weighted by Gasteiger charge is -2.24. The average Bonchev–Trinajstić information content (AvgIpc) is 3.11. The van der Waals surface area contributed by atoms with Crippen molar-refractivity contribution in [3.05, 3.63) is 52.0 Å². The van der Waals surface area contributed by atoms with E-state index < -0.39 is 5.91 Å². The Bertz CT molecular complexity index is 1070. The first-order chi connectivity index (χ1) is 13.6. The van der Waals surface area contributed by atoms with Crippen molar-refractivity contribution >= 4 is 34.2 Å². The van der Waals surface area contributed by atoms with Crippen LogP contribution in [0.4, 0.5) is 0 Å². The standard InChI is InChI=1S/C21H22N4O2S/c22-20(27)18-10-9-17(28-18)16-6-3-11-24(16)19(26)12-25-15-5-2-1-4-14(15)23-21(25)13-7-8-13/h1-2,4-5,9-10,13,16H,3,6-8,11-12H2,(H2,22,27). The van der Waals surface area contributed by atoms with Crippen LogP contribution < -0.4 is 5.73 Å². The fraction of sp³-hybridized carbons (Fsp3) is 0.381. The SMILES string of the molecule is NC(=O)c1ccc(C2CCCN2C(=O)Cn2c(C3CC3)nc3ccccc32)s1. The molecule has 3 aromatic rings. The third-order valence-electron chi connectivity index (χ3n) is 5.69. The summed E-state index contributed by atoms with van der Waals surface area (Å²) in [6, 6.07) is 11.8. The number of carbonyl (C=O) groups excluding carboxylic acids is 2. The van der Waals surface area contributed by atoms with E-state index in [1.807, 2.05) is 35.2 Å². The molecular formula is C21H22N4O2S. The highest BCUT2D eigenvalue weighted by Crippen LogP contribution is 2.41. The number of para-hydroxylation sites is 2. The van der Waals surface area contributed by atoms with Gasteiger partial charge in [0.15, 0.2) is 0 Å². The average molecular weight is 395 g/mol. The van der Waals surface area contributed by atoms with E-state index in [9.17, 15) is 9.59 Å². The fourth-order valence-corrected chi connectivity index (χ4v) is 5.17. The Morgan fingerprint density at radius 1 is 1.14 bits per heavy atom. The number of nitrogens with two attached hydrogens (primary N) is 1. The third kappa shape index (κ3) is 2.99. The second kappa shape index (κ2) is 6.74. The van der Waals surface area contributed by atoms with Crippen LogP contribution in [0.3, 0.4) is 0 Å². The number of thiophene rings is 1. The molecule has 0 bridgehead atoms. The van der Waals surface area contributed by atoms with Gasteiger partial charge in [-0.25, -0.2) is 4.98 Å². The van der Waals surface area contributed by atoms with Crippen LogP contribution in [0.25, 0.3) is 11.0 Å². The summed E-state index contributed by atoms with van der Waals surface area (Å²) in [5.41, 5.74) is 7.38. The van der Waals surface area contributed by atoms with Crippen LogP contribution in [0.2, 0.25) is 0 Å². The van der Waals surface area contributed by atoms with Gasteiger partial charge in [0, 0.05) is 17.3 Å². The van der Waals surface area contributed by atoms with Gasteiger partial charge in [-0.3, -0.25) is 9.59 Å². The van der Waals surface area contributed by atoms with Gasteiger partial charge in [0.2, 0.25) is 5.91 Å². The molecule has 1 aliphatic carbocycles. The number of aromatic nitrogens is 2. The highest BCUT2D eigenvalue weighted by atomic mass is 32.1. The van der Waals surface area contributed by atoms with Crippen molar-refractivity contribution in [1.29, 1.82) is 0 Å². The zero-order valence-corrected chi connectivity index (χ0v) is 16.3. The summed E-state index contributed by atoms with van der Waals surface area (Å²) in [6.07, 6.45) is 4.19. The lowest BCUT2D eigenvalue weighted by Crippen LogP contribution is -2.33. The molecule has 1 saturated carbocycles. The Kier molecular flexibility index (Phi) is 4.19. The van der Waals surface area contributed by atoms with E-state index in [2.05, 4.69) is 4.57 Å². The maximum Gasteiger partial charge on any atom is 0.258 e. The Balaban J connectivity index is 1.43. The smallest absolute Gasteiger partial charge is 0.258 e. The number of hydrogen-bond acceptors (Lipinski definition) is 4. The molecule has 2 fully saturated rings. The Labute approximate surface area is 167 Å². The van der Waals surface area contributed by atoms with Gasteiger partial charge in [-0.15, -0.1) is 11.3 Å². The molecule has 2 N–H and O–H groups in total. The van der Waals surface area contributed by atoms with E-state index in [0.717, 1.165) is 54.0 Å². The monoisotopic (exact) mass is 394 g/mol. The van der Waals surface area contributed by atoms with Crippen molar-refractivity contribution in [1.82, 2.24) is 14.5 Å². The molecule has 2 aliphatic rings. The first-order valence-electron chi connectivity index (χ1n) is 9.76. The molecule has 5 rings (SSSR count). The number of nitrogens with zero attached hydrogens (tertiary/aromatic N) is 3. The van der Waals surface area contributed by atoms with Crippen molar-refractivity contribution in [2.24, 2.45) is 5.73 Å². The molecule has 144 valence electrons. The van der Waals surface area contributed by atoms with Gasteiger partial charge in [0.1, 0.15) is 12.4 Å². The van der Waals surface area contributed by atoms with Crippen molar-refractivity contribution in [2.75, 3.05) is 6.54 Å². The summed E-state index contributed by atoms with van der Waals surface area (Å²) in [7, 11) is 0. The van der Waals surface area contributed by atoms with Gasteiger partial charge in [-0.2, -0.15) is 0 Å². The maximum absolute atomic E-state index is 13.3. The second-order valence-corrected chi connectivity index (χ2v) is 8.75. The van der Waals surface area contributed by atoms with Gasteiger partial charge in [-0.05, 0) is 49.9 Å². The van der Waals surface area contributed by atoms with Gasteiger partial charge >= 0.3 is 0 Å². The summed E-state index contributed by atoms with van der Waals surface area (Å²) >= 11 is 1.40. The molecule has 28 heavy (non-hydrogen) atoms. The summed E-state index contributed by atoms with van der Waals surface area (Å²) in [4.78, 5) is 33.0. The van der Waals surface area contributed by atoms with Crippen LogP contribution in [0.1, 0.15) is 58.0 Å². The van der Waals surface area contributed by atoms with Crippen molar-refractivity contribution < 1.29 is 9.59 Å². The lowest BCUT2D eigenvalue weighted by molar-refractivity contribution is -0.132. The largest absolute Gasteiger partial charge is 0.365 e. The molecule has 0 spiro atoms. The van der Waals surface area contributed by atoms with E-state index in [1.54, 1.807) is 6.07 Å². The summed E-state index contributed by atoms with van der Waals surface area (Å²) in [5, 5.41) is 0. The molecular weight excluding hydrogens is 372 g/mol. The topological polar surface area (TPSA) is 81.2 Å². The minimum absolute atomic E-state index is 0.0322. The van der Waals surface area contributed by atoms with E-state index in [0.29, 0.717) is 17.3 Å². The molecule has 7 heteroatoms. The number of fused-ring (bicyclic) bond motifs is 1. The van der Waals surface area contributed by atoms with Gasteiger partial charge in [-0.1, -0.05) is 12.1 Å². The van der Waals surface area contributed by atoms with E-state index >= 15 is 0 Å². The number of hydrogen-bond donors (Lipinski definition) is 1. The lowest BCUT2D eigenvalue weighted by atomic mass is 10.2. The number of imidazole rings is 1. The first kappa shape index (κ1) is 17.4. The molecule has 3 heterocycles. The van der Waals surface area contributed by atoms with Crippen LogP contribution in [0.5, 0.6) is 0 Å². The molecule has 1 aliphatic heterocycles. The molecule has 0 radical (unpaired) electrons. The molecule has 6 nitrogen and oxygen atoms in total. The van der Waals surface area contributed by atoms with Crippen molar-refractivity contribution in [3.63, 3.8) is 0 Å². The number of carbonyl (C=O) groups is 2. The van der Waals surface area contributed by atoms with Gasteiger partial charge < -0.3 is 15.2 Å². The Morgan fingerprint density at radius 3 is 2.71 bits per heavy atom. The van der Waals surface area contributed by atoms with Gasteiger partial charge in [0.05, 0.1) is 22.0 Å². The van der Waals surface area contributed by atoms with Crippen molar-refractivity contribution in [3.8, 4) is 0 Å². The fourth-order valence-electron chi connectivity index (χ4n) is 4.16. The number of primary amides is 1. The van der Waals surface area contributed by atoms with Crippen LogP contribution >= 0.6 is 11.3 Å². The van der Waals surface area contributed by atoms with Crippen LogP contribution in [-0.2, 0) is 11.3 Å². The molecule has 2 aromatic heterocycles. The third-order valence-corrected chi connectivity index (χ3v) is 6.89. The Hall–Kier alpha value is -2.67. The van der Waals surface area contributed by atoms with E-state index in [-0.39, 0.29) is 11.9 Å². The minimum atomic E-state index is -0.411. The quantitative estimate of drug-likeness (QED) is 0.720. The van der Waals surface area contributed by atoms with E-state index in [1.165, 1.54) is 11.3 Å². The highest BCUT2D eigenvalue weighted by Gasteiger charge is 2.34. The first-order valence-corrected chi connectivity index (χ1v) is 10.6. The normalized spacial score (nSPS) is 19.4. The van der Waals surface area contributed by atoms with Gasteiger partial charge in [0.25, 0.3) is 5.91 Å². The van der Waals surface area contributed by atoms with Crippen molar-refractivity contribution in [2.45, 2.75) is 44.2 Å². The van der Waals surface area contributed by atoms with Crippen LogP contribution in [0.15, 0.2) is 36.4 Å². The highest BCUT2D eigenvalue weighted by molar-refractivity contribution is 7.14. The minimum Gasteiger partial charge on any atom is -0.365 e. The molecule has 1 atom stereocenters. The number of likely N-dealkylation sites (tertiary alicyclic amines) is 1. The van der Waals surface area contributed by atoms with Crippen LogP contribution in [-0.4, -0.2) is 32.8 Å². The Morgan fingerprint density at radius 2 is 1.96 bits per heavy atom. The zero-order valence-electron chi connectivity index (χ0n) is 15.5. The number of rotatable bonds is 5. The van der Waals surface area contributed by atoms with E-state index in [4.69, 9.17) is 10.7 Å². The second-order valence-electron chi connectivity index (χ2n) is 7.63. The number of benzene rings is 1. The summed E-state index contributed by atoms with van der Waals surface area (Å²) in [5.74, 6) is 1.22. The summed E-state index contributed by atoms with van der Waals surface area (Å²) in [6.45, 7) is 1.07.